The second kappa shape index (κ2) is 7.31. The van der Waals surface area contributed by atoms with Crippen molar-refractivity contribution in [1.82, 2.24) is 0 Å². The fraction of sp³-hybridized carbons (Fsp3) is 0.391. The van der Waals surface area contributed by atoms with Crippen LogP contribution in [0.25, 0.3) is 0 Å². The van der Waals surface area contributed by atoms with E-state index in [0.29, 0.717) is 0 Å². The van der Waals surface area contributed by atoms with Crippen molar-refractivity contribution in [2.75, 3.05) is 6.61 Å². The van der Waals surface area contributed by atoms with Crippen LogP contribution in [0.4, 0.5) is 0 Å². The highest BCUT2D eigenvalue weighted by molar-refractivity contribution is 6.99. The molecule has 25 heavy (non-hydrogen) atoms. The Morgan fingerprint density at radius 3 is 1.84 bits per heavy atom. The second-order valence-corrected chi connectivity index (χ2v) is 12.5. The Hall–Kier alpha value is -1.64. The lowest BCUT2D eigenvalue weighted by molar-refractivity contribution is 0.286. The molecule has 0 heterocycles. The van der Waals surface area contributed by atoms with Gasteiger partial charge in [0.25, 0.3) is 8.32 Å². The molecule has 2 aromatic rings. The highest BCUT2D eigenvalue weighted by Gasteiger charge is 2.49. The average Bonchev–Trinajstić information content (AvgIpc) is 3.31. The summed E-state index contributed by atoms with van der Waals surface area (Å²) < 4.78 is 6.89. The van der Waals surface area contributed by atoms with Crippen LogP contribution in [0.2, 0.25) is 5.04 Å². The molecular weight excluding hydrogens is 320 g/mol. The zero-order chi connectivity index (χ0) is 17.9. The van der Waals surface area contributed by atoms with Crippen molar-refractivity contribution in [1.29, 1.82) is 0 Å². The van der Waals surface area contributed by atoms with Crippen LogP contribution >= 0.6 is 0 Å². The minimum Gasteiger partial charge on any atom is -0.407 e. The van der Waals surface area contributed by atoms with Gasteiger partial charge in [0.05, 0.1) is 0 Å². The molecule has 0 spiro atoms. The molecule has 0 aromatic heterocycles. The summed E-state index contributed by atoms with van der Waals surface area (Å²) in [5.41, 5.74) is 1.42. The van der Waals surface area contributed by atoms with Crippen molar-refractivity contribution in [3.05, 3.63) is 72.8 Å². The molecule has 2 heteroatoms. The summed E-state index contributed by atoms with van der Waals surface area (Å²) >= 11 is 0. The number of allylic oxidation sites excluding steroid dienone is 1. The van der Waals surface area contributed by atoms with Crippen LogP contribution in [0.5, 0.6) is 0 Å². The first-order chi connectivity index (χ1) is 11.9. The molecule has 1 atom stereocenters. The van der Waals surface area contributed by atoms with Crippen LogP contribution in [0, 0.1) is 5.92 Å². The number of rotatable bonds is 7. The molecule has 2 aromatic carbocycles. The summed E-state index contributed by atoms with van der Waals surface area (Å²) in [6.45, 7) is 11.9. The number of benzene rings is 2. The zero-order valence-electron chi connectivity index (χ0n) is 15.8. The van der Waals surface area contributed by atoms with Gasteiger partial charge in [-0.25, -0.2) is 0 Å². The SMILES string of the molecule is C=C1C[C@@H]1CCCO[Si](c1ccccc1)(c1ccccc1)C(C)(C)C. The van der Waals surface area contributed by atoms with Gasteiger partial charge in [-0.3, -0.25) is 0 Å². The molecule has 0 unspecified atom stereocenters. The Morgan fingerprint density at radius 2 is 1.44 bits per heavy atom. The Kier molecular flexibility index (Phi) is 5.31. The van der Waals surface area contributed by atoms with Gasteiger partial charge in [-0.15, -0.1) is 0 Å². The van der Waals surface area contributed by atoms with Gasteiger partial charge in [0.1, 0.15) is 0 Å². The Bertz CT molecular complexity index is 660. The lowest BCUT2D eigenvalue weighted by Gasteiger charge is -2.43. The second-order valence-electron chi connectivity index (χ2n) is 8.21. The van der Waals surface area contributed by atoms with E-state index in [0.717, 1.165) is 18.9 Å². The highest BCUT2D eigenvalue weighted by atomic mass is 28.4. The summed E-state index contributed by atoms with van der Waals surface area (Å²) in [4.78, 5) is 0. The van der Waals surface area contributed by atoms with E-state index in [2.05, 4.69) is 88.0 Å². The predicted octanol–water partition coefficient (Wildman–Crippen LogP) is 4.92. The number of hydrogen-bond acceptors (Lipinski definition) is 1. The van der Waals surface area contributed by atoms with E-state index in [4.69, 9.17) is 4.43 Å². The quantitative estimate of drug-likeness (QED) is 0.391. The lowest BCUT2D eigenvalue weighted by Crippen LogP contribution is -2.66. The van der Waals surface area contributed by atoms with Gasteiger partial charge < -0.3 is 4.43 Å². The normalized spacial score (nSPS) is 17.6. The third-order valence-corrected chi connectivity index (χ3v) is 10.4. The molecule has 0 aliphatic heterocycles. The Labute approximate surface area is 153 Å². The molecular formula is C23H30OSi. The van der Waals surface area contributed by atoms with E-state index in [1.807, 2.05) is 0 Å². The molecule has 0 N–H and O–H groups in total. The average molecular weight is 351 g/mol. The maximum atomic E-state index is 6.89. The first-order valence-electron chi connectivity index (χ1n) is 9.38. The molecule has 1 aliphatic rings. The van der Waals surface area contributed by atoms with Crippen molar-refractivity contribution in [2.45, 2.75) is 45.1 Å². The third kappa shape index (κ3) is 3.80. The van der Waals surface area contributed by atoms with Crippen molar-refractivity contribution >= 4 is 18.7 Å². The van der Waals surface area contributed by atoms with Crippen LogP contribution < -0.4 is 10.4 Å². The van der Waals surface area contributed by atoms with E-state index < -0.39 is 8.32 Å². The molecule has 0 bridgehead atoms. The molecule has 0 amide bonds. The van der Waals surface area contributed by atoms with Crippen LogP contribution in [-0.2, 0) is 4.43 Å². The predicted molar refractivity (Wildman–Crippen MR) is 110 cm³/mol. The minimum atomic E-state index is -2.34. The lowest BCUT2D eigenvalue weighted by atomic mass is 10.2. The van der Waals surface area contributed by atoms with Crippen molar-refractivity contribution in [2.24, 2.45) is 5.92 Å². The maximum absolute atomic E-state index is 6.89. The first-order valence-corrected chi connectivity index (χ1v) is 11.3. The summed E-state index contributed by atoms with van der Waals surface area (Å²) in [6.07, 6.45) is 3.56. The topological polar surface area (TPSA) is 9.23 Å². The maximum Gasteiger partial charge on any atom is 0.261 e. The van der Waals surface area contributed by atoms with Gasteiger partial charge in [0.15, 0.2) is 0 Å². The van der Waals surface area contributed by atoms with Crippen LogP contribution in [0.3, 0.4) is 0 Å². The molecule has 1 nitrogen and oxygen atoms in total. The van der Waals surface area contributed by atoms with E-state index in [1.54, 1.807) is 0 Å². The molecule has 3 rings (SSSR count). The summed E-state index contributed by atoms with van der Waals surface area (Å²) in [7, 11) is -2.34. The van der Waals surface area contributed by atoms with E-state index in [9.17, 15) is 0 Å². The third-order valence-electron chi connectivity index (χ3n) is 5.36. The standard InChI is InChI=1S/C23H30OSi/c1-19-18-20(19)12-11-17-24-25(23(2,3)4,21-13-7-5-8-14-21)22-15-9-6-10-16-22/h5-10,13-16,20H,1,11-12,17-18H2,2-4H3/t20-/m0/s1. The zero-order valence-corrected chi connectivity index (χ0v) is 16.8. The van der Waals surface area contributed by atoms with Crippen LogP contribution in [-0.4, -0.2) is 14.9 Å². The van der Waals surface area contributed by atoms with Crippen LogP contribution in [0.15, 0.2) is 72.8 Å². The minimum absolute atomic E-state index is 0.0683. The summed E-state index contributed by atoms with van der Waals surface area (Å²) in [5.74, 6) is 0.753. The Morgan fingerprint density at radius 1 is 0.960 bits per heavy atom. The van der Waals surface area contributed by atoms with Crippen molar-refractivity contribution in [3.63, 3.8) is 0 Å². The van der Waals surface area contributed by atoms with Gasteiger partial charge in [-0.2, -0.15) is 0 Å². The fourth-order valence-electron chi connectivity index (χ4n) is 3.88. The Balaban J connectivity index is 1.92. The highest BCUT2D eigenvalue weighted by Crippen LogP contribution is 2.40. The summed E-state index contributed by atoms with van der Waals surface area (Å²) in [5, 5.41) is 2.80. The molecule has 0 radical (unpaired) electrons. The van der Waals surface area contributed by atoms with Gasteiger partial charge >= 0.3 is 0 Å². The molecule has 1 fully saturated rings. The van der Waals surface area contributed by atoms with Gasteiger partial charge in [0.2, 0.25) is 0 Å². The molecule has 132 valence electrons. The van der Waals surface area contributed by atoms with Gasteiger partial charge in [-0.05, 0) is 40.6 Å². The smallest absolute Gasteiger partial charge is 0.261 e. The van der Waals surface area contributed by atoms with E-state index >= 15 is 0 Å². The molecule has 1 aliphatic carbocycles. The van der Waals surface area contributed by atoms with E-state index in [-0.39, 0.29) is 5.04 Å². The number of hydrogen-bond donors (Lipinski definition) is 0. The summed E-state index contributed by atoms with van der Waals surface area (Å²) in [6, 6.07) is 21.8. The first kappa shape index (κ1) is 18.2. The van der Waals surface area contributed by atoms with Crippen molar-refractivity contribution < 1.29 is 4.43 Å². The van der Waals surface area contributed by atoms with Crippen molar-refractivity contribution in [3.8, 4) is 0 Å². The van der Waals surface area contributed by atoms with Gasteiger partial charge in [-0.1, -0.05) is 93.6 Å². The largest absolute Gasteiger partial charge is 0.407 e. The van der Waals surface area contributed by atoms with Gasteiger partial charge in [0, 0.05) is 6.61 Å². The monoisotopic (exact) mass is 350 g/mol. The van der Waals surface area contributed by atoms with Crippen LogP contribution in [0.1, 0.15) is 40.0 Å². The molecule has 1 saturated carbocycles. The fourth-order valence-corrected chi connectivity index (χ4v) is 8.49. The molecule has 0 saturated heterocycles. The van der Waals surface area contributed by atoms with E-state index in [1.165, 1.54) is 28.8 Å².